The lowest BCUT2D eigenvalue weighted by atomic mass is 10.1. The fraction of sp³-hybridized carbons (Fsp3) is 0.238. The van der Waals surface area contributed by atoms with Gasteiger partial charge in [0.2, 0.25) is 0 Å². The molecule has 8 heteroatoms. The minimum Gasteiger partial charge on any atom is -0.362 e. The van der Waals surface area contributed by atoms with E-state index in [9.17, 15) is 13.2 Å². The molecule has 0 saturated carbocycles. The Morgan fingerprint density at radius 2 is 1.86 bits per heavy atom. The van der Waals surface area contributed by atoms with Gasteiger partial charge in [0.25, 0.3) is 15.9 Å². The molecule has 1 amide bonds. The van der Waals surface area contributed by atoms with Gasteiger partial charge in [0.1, 0.15) is 5.84 Å². The lowest BCUT2D eigenvalue weighted by Gasteiger charge is -2.11. The Labute approximate surface area is 173 Å². The number of nitrogens with zero attached hydrogens (tertiary/aromatic N) is 2. The molecule has 1 fully saturated rings. The summed E-state index contributed by atoms with van der Waals surface area (Å²) in [6, 6.07) is 14.0. The van der Waals surface area contributed by atoms with Crippen molar-refractivity contribution in [3.8, 4) is 0 Å². The highest BCUT2D eigenvalue weighted by atomic mass is 32.2. The first-order chi connectivity index (χ1) is 13.8. The zero-order valence-electron chi connectivity index (χ0n) is 16.2. The quantitative estimate of drug-likeness (QED) is 0.674. The van der Waals surface area contributed by atoms with Crippen molar-refractivity contribution in [3.63, 3.8) is 0 Å². The molecule has 1 aliphatic rings. The Hall–Kier alpha value is -2.71. The lowest BCUT2D eigenvalue weighted by molar-refractivity contribution is 0.103. The maximum absolute atomic E-state index is 12.7. The number of hydrogen-bond donors (Lipinski definition) is 1. The summed E-state index contributed by atoms with van der Waals surface area (Å²) in [6.45, 7) is 2.75. The number of thiophene rings is 1. The zero-order chi connectivity index (χ0) is 20.6. The standard InChI is InChI=1S/C21H21N3O3S2/c1-14-17-6-3-4-7-18(17)28-20(14)21(25)22-15-9-11-16(12-10-15)29(26,27)23-19-8-5-13-24(19)2/h3-4,6-7,9-12H,5,8,13H2,1-2H3,(H,22,25)/b23-19+. The number of nitrogens with one attached hydrogen (secondary N) is 1. The molecule has 1 aliphatic heterocycles. The number of carbonyl (C=O) groups is 1. The van der Waals surface area contributed by atoms with Crippen molar-refractivity contribution in [1.29, 1.82) is 0 Å². The SMILES string of the molecule is Cc1c(C(=O)Nc2ccc(S(=O)(=O)/N=C3\CCCN3C)cc2)sc2ccccc12. The molecule has 4 rings (SSSR count). The van der Waals surface area contributed by atoms with Gasteiger partial charge in [-0.2, -0.15) is 8.42 Å². The number of carbonyl (C=O) groups excluding carboxylic acids is 1. The van der Waals surface area contributed by atoms with Crippen LogP contribution >= 0.6 is 11.3 Å². The van der Waals surface area contributed by atoms with Crippen LogP contribution in [0.15, 0.2) is 57.8 Å². The van der Waals surface area contributed by atoms with Crippen LogP contribution in [0, 0.1) is 6.92 Å². The molecule has 0 bridgehead atoms. The van der Waals surface area contributed by atoms with Crippen LogP contribution < -0.4 is 5.32 Å². The molecule has 0 radical (unpaired) electrons. The molecule has 6 nitrogen and oxygen atoms in total. The summed E-state index contributed by atoms with van der Waals surface area (Å²) in [5.41, 5.74) is 1.48. The van der Waals surface area contributed by atoms with Crippen molar-refractivity contribution in [2.75, 3.05) is 18.9 Å². The zero-order valence-corrected chi connectivity index (χ0v) is 17.8. The van der Waals surface area contributed by atoms with E-state index in [4.69, 9.17) is 0 Å². The predicted octanol–water partition coefficient (Wildman–Crippen LogP) is 4.27. The van der Waals surface area contributed by atoms with E-state index >= 15 is 0 Å². The third-order valence-corrected chi connectivity index (χ3v) is 7.61. The molecule has 2 heterocycles. The predicted molar refractivity (Wildman–Crippen MR) is 117 cm³/mol. The van der Waals surface area contributed by atoms with E-state index < -0.39 is 10.0 Å². The van der Waals surface area contributed by atoms with E-state index in [0.717, 1.165) is 28.6 Å². The maximum Gasteiger partial charge on any atom is 0.283 e. The van der Waals surface area contributed by atoms with Gasteiger partial charge in [0.05, 0.1) is 9.77 Å². The molecule has 0 unspecified atom stereocenters. The molecule has 2 aromatic carbocycles. The van der Waals surface area contributed by atoms with Crippen molar-refractivity contribution in [1.82, 2.24) is 4.90 Å². The molecule has 150 valence electrons. The number of likely N-dealkylation sites (tertiary alicyclic amines) is 1. The summed E-state index contributed by atoms with van der Waals surface area (Å²) < 4.78 is 30.1. The maximum atomic E-state index is 12.7. The van der Waals surface area contributed by atoms with Gasteiger partial charge >= 0.3 is 0 Å². The van der Waals surface area contributed by atoms with Crippen LogP contribution in [0.1, 0.15) is 28.1 Å². The number of amidine groups is 1. The molecule has 1 N–H and O–H groups in total. The molecule has 29 heavy (non-hydrogen) atoms. The first-order valence-electron chi connectivity index (χ1n) is 9.30. The average Bonchev–Trinajstić information content (AvgIpc) is 3.25. The second-order valence-corrected chi connectivity index (χ2v) is 9.69. The Balaban J connectivity index is 1.53. The molecular weight excluding hydrogens is 406 g/mol. The van der Waals surface area contributed by atoms with Crippen LogP contribution in [-0.2, 0) is 10.0 Å². The normalized spacial score (nSPS) is 15.9. The lowest BCUT2D eigenvalue weighted by Crippen LogP contribution is -2.20. The first kappa shape index (κ1) is 19.6. The first-order valence-corrected chi connectivity index (χ1v) is 11.6. The second kappa shape index (κ2) is 7.61. The average molecular weight is 428 g/mol. The molecule has 0 atom stereocenters. The molecular formula is C21H21N3O3S2. The fourth-order valence-electron chi connectivity index (χ4n) is 3.39. The highest BCUT2D eigenvalue weighted by molar-refractivity contribution is 7.90. The fourth-order valence-corrected chi connectivity index (χ4v) is 5.59. The number of amides is 1. The Kier molecular flexibility index (Phi) is 5.14. The van der Waals surface area contributed by atoms with Gasteiger partial charge in [-0.05, 0) is 54.6 Å². The molecule has 0 aliphatic carbocycles. The minimum atomic E-state index is -3.76. The Bertz CT molecular complexity index is 1210. The van der Waals surface area contributed by atoms with Gasteiger partial charge in [0, 0.05) is 30.4 Å². The summed E-state index contributed by atoms with van der Waals surface area (Å²) in [4.78, 5) is 15.3. The molecule has 1 saturated heterocycles. The monoisotopic (exact) mass is 427 g/mol. The number of aryl methyl sites for hydroxylation is 1. The van der Waals surface area contributed by atoms with Gasteiger partial charge < -0.3 is 10.2 Å². The summed E-state index contributed by atoms with van der Waals surface area (Å²) in [6.07, 6.45) is 1.57. The largest absolute Gasteiger partial charge is 0.362 e. The minimum absolute atomic E-state index is 0.112. The third kappa shape index (κ3) is 3.90. The van der Waals surface area contributed by atoms with Crippen molar-refractivity contribution in [2.24, 2.45) is 4.40 Å². The Morgan fingerprint density at radius 3 is 2.52 bits per heavy atom. The molecule has 3 aromatic rings. The van der Waals surface area contributed by atoms with Gasteiger partial charge in [-0.1, -0.05) is 18.2 Å². The van der Waals surface area contributed by atoms with Crippen LogP contribution in [0.25, 0.3) is 10.1 Å². The van der Waals surface area contributed by atoms with Crippen molar-refractivity contribution in [2.45, 2.75) is 24.7 Å². The van der Waals surface area contributed by atoms with Crippen LogP contribution in [0.2, 0.25) is 0 Å². The van der Waals surface area contributed by atoms with Crippen molar-refractivity contribution >= 4 is 48.9 Å². The number of hydrogen-bond acceptors (Lipinski definition) is 4. The number of rotatable bonds is 4. The van der Waals surface area contributed by atoms with Gasteiger partial charge in [-0.15, -0.1) is 15.7 Å². The van der Waals surface area contributed by atoms with Gasteiger partial charge in [0.15, 0.2) is 0 Å². The van der Waals surface area contributed by atoms with E-state index in [1.165, 1.54) is 23.5 Å². The van der Waals surface area contributed by atoms with Crippen molar-refractivity contribution in [3.05, 3.63) is 59.0 Å². The summed E-state index contributed by atoms with van der Waals surface area (Å²) in [5, 5.41) is 3.92. The van der Waals surface area contributed by atoms with E-state index in [0.29, 0.717) is 22.8 Å². The van der Waals surface area contributed by atoms with Gasteiger partial charge in [-0.25, -0.2) is 0 Å². The number of anilines is 1. The van der Waals surface area contributed by atoms with Crippen LogP contribution in [0.4, 0.5) is 5.69 Å². The highest BCUT2D eigenvalue weighted by Gasteiger charge is 2.20. The third-order valence-electron chi connectivity index (χ3n) is 5.02. The summed E-state index contributed by atoms with van der Waals surface area (Å²) in [5.74, 6) is 0.384. The van der Waals surface area contributed by atoms with Gasteiger partial charge in [-0.3, -0.25) is 4.79 Å². The molecule has 1 aromatic heterocycles. The number of benzene rings is 2. The van der Waals surface area contributed by atoms with E-state index in [2.05, 4.69) is 9.71 Å². The summed E-state index contributed by atoms with van der Waals surface area (Å²) >= 11 is 1.45. The topological polar surface area (TPSA) is 78.8 Å². The van der Waals surface area contributed by atoms with Crippen molar-refractivity contribution < 1.29 is 13.2 Å². The van der Waals surface area contributed by atoms with E-state index in [1.807, 2.05) is 43.1 Å². The number of fused-ring (bicyclic) bond motifs is 1. The van der Waals surface area contributed by atoms with E-state index in [1.54, 1.807) is 12.1 Å². The number of sulfonamides is 1. The smallest absolute Gasteiger partial charge is 0.283 e. The summed E-state index contributed by atoms with van der Waals surface area (Å²) in [7, 11) is -1.92. The molecule has 0 spiro atoms. The van der Waals surface area contributed by atoms with E-state index in [-0.39, 0.29) is 10.8 Å². The van der Waals surface area contributed by atoms with Crippen LogP contribution in [0.5, 0.6) is 0 Å². The van der Waals surface area contributed by atoms with Crippen LogP contribution in [0.3, 0.4) is 0 Å². The Morgan fingerprint density at radius 1 is 1.14 bits per heavy atom. The second-order valence-electron chi connectivity index (χ2n) is 7.04. The highest BCUT2D eigenvalue weighted by Crippen LogP contribution is 2.31. The van der Waals surface area contributed by atoms with Crippen LogP contribution in [-0.4, -0.2) is 38.7 Å².